The molecule has 0 aromatic carbocycles. The molecule has 0 aliphatic carbocycles. The maximum absolute atomic E-state index is 5.20. The molecule has 0 bridgehead atoms. The Bertz CT molecular complexity index is 573. The Labute approximate surface area is 112 Å². The van der Waals surface area contributed by atoms with Crippen LogP contribution in [0.15, 0.2) is 16.7 Å². The van der Waals surface area contributed by atoms with Crippen molar-refractivity contribution in [2.45, 2.75) is 39.7 Å². The fourth-order valence-electron chi connectivity index (χ4n) is 2.74. The summed E-state index contributed by atoms with van der Waals surface area (Å²) < 4.78 is 5.20. The average Bonchev–Trinajstić information content (AvgIpc) is 2.95. The number of hydrogen-bond donors (Lipinski definition) is 0. The van der Waals surface area contributed by atoms with Gasteiger partial charge in [-0.1, -0.05) is 5.16 Å². The summed E-state index contributed by atoms with van der Waals surface area (Å²) in [4.78, 5) is 11.2. The van der Waals surface area contributed by atoms with Gasteiger partial charge < -0.3 is 9.42 Å². The first-order valence-corrected chi connectivity index (χ1v) is 6.65. The number of anilines is 1. The Kier molecular flexibility index (Phi) is 2.97. The molecular weight excluding hydrogens is 240 g/mol. The van der Waals surface area contributed by atoms with Crippen molar-refractivity contribution in [2.24, 2.45) is 0 Å². The predicted molar refractivity (Wildman–Crippen MR) is 72.1 cm³/mol. The van der Waals surface area contributed by atoms with E-state index in [2.05, 4.69) is 20.0 Å². The van der Waals surface area contributed by atoms with E-state index in [9.17, 15) is 0 Å². The van der Waals surface area contributed by atoms with E-state index in [-0.39, 0.29) is 6.04 Å². The SMILES string of the molecule is Cc1cc(N2CCC[C@@H]2c2cc(C)on2)nc(C)n1. The van der Waals surface area contributed by atoms with Gasteiger partial charge in [-0.2, -0.15) is 0 Å². The van der Waals surface area contributed by atoms with Gasteiger partial charge in [0, 0.05) is 24.4 Å². The molecule has 0 unspecified atom stereocenters. The minimum absolute atomic E-state index is 0.270. The number of rotatable bonds is 2. The van der Waals surface area contributed by atoms with Gasteiger partial charge in [-0.25, -0.2) is 9.97 Å². The largest absolute Gasteiger partial charge is 0.361 e. The quantitative estimate of drug-likeness (QED) is 0.829. The van der Waals surface area contributed by atoms with E-state index in [1.807, 2.05) is 32.9 Å². The molecular formula is C14H18N4O. The topological polar surface area (TPSA) is 55.1 Å². The summed E-state index contributed by atoms with van der Waals surface area (Å²) in [5.74, 6) is 2.67. The van der Waals surface area contributed by atoms with Crippen LogP contribution in [0.3, 0.4) is 0 Å². The van der Waals surface area contributed by atoms with Crippen LogP contribution in [0, 0.1) is 20.8 Å². The molecule has 1 aliphatic heterocycles. The monoisotopic (exact) mass is 258 g/mol. The molecule has 100 valence electrons. The molecule has 2 aromatic heterocycles. The molecule has 1 fully saturated rings. The summed E-state index contributed by atoms with van der Waals surface area (Å²) in [5.41, 5.74) is 2.01. The summed E-state index contributed by atoms with van der Waals surface area (Å²) >= 11 is 0. The molecule has 5 nitrogen and oxygen atoms in total. The second-order valence-corrected chi connectivity index (χ2v) is 5.13. The molecule has 0 radical (unpaired) electrons. The van der Waals surface area contributed by atoms with Gasteiger partial charge in [0.05, 0.1) is 6.04 Å². The van der Waals surface area contributed by atoms with E-state index < -0.39 is 0 Å². The van der Waals surface area contributed by atoms with Crippen molar-refractivity contribution in [1.29, 1.82) is 0 Å². The smallest absolute Gasteiger partial charge is 0.134 e. The first-order chi connectivity index (χ1) is 9.13. The van der Waals surface area contributed by atoms with Gasteiger partial charge in [0.1, 0.15) is 23.1 Å². The lowest BCUT2D eigenvalue weighted by atomic mass is 10.1. The maximum atomic E-state index is 5.20. The maximum Gasteiger partial charge on any atom is 0.134 e. The highest BCUT2D eigenvalue weighted by molar-refractivity contribution is 5.43. The zero-order valence-corrected chi connectivity index (χ0v) is 11.6. The zero-order chi connectivity index (χ0) is 13.4. The number of nitrogens with zero attached hydrogens (tertiary/aromatic N) is 4. The summed E-state index contributed by atoms with van der Waals surface area (Å²) in [7, 11) is 0. The predicted octanol–water partition coefficient (Wildman–Crippen LogP) is 2.73. The van der Waals surface area contributed by atoms with Crippen LogP contribution in [0.2, 0.25) is 0 Å². The Morgan fingerprint density at radius 3 is 2.74 bits per heavy atom. The minimum Gasteiger partial charge on any atom is -0.361 e. The molecule has 1 atom stereocenters. The van der Waals surface area contributed by atoms with Crippen molar-refractivity contribution in [3.05, 3.63) is 35.1 Å². The highest BCUT2D eigenvalue weighted by Gasteiger charge is 2.29. The normalized spacial score (nSPS) is 19.1. The van der Waals surface area contributed by atoms with E-state index >= 15 is 0 Å². The lowest BCUT2D eigenvalue weighted by Crippen LogP contribution is -2.24. The van der Waals surface area contributed by atoms with Crippen molar-refractivity contribution in [3.63, 3.8) is 0 Å². The van der Waals surface area contributed by atoms with E-state index in [4.69, 9.17) is 4.52 Å². The Morgan fingerprint density at radius 1 is 1.21 bits per heavy atom. The van der Waals surface area contributed by atoms with Gasteiger partial charge in [-0.15, -0.1) is 0 Å². The number of aryl methyl sites for hydroxylation is 3. The molecule has 0 N–H and O–H groups in total. The van der Waals surface area contributed by atoms with Crippen molar-refractivity contribution in [2.75, 3.05) is 11.4 Å². The van der Waals surface area contributed by atoms with Crippen LogP contribution in [-0.2, 0) is 0 Å². The first kappa shape index (κ1) is 12.1. The molecule has 0 amide bonds. The molecule has 5 heteroatoms. The van der Waals surface area contributed by atoms with Gasteiger partial charge in [-0.05, 0) is 33.6 Å². The van der Waals surface area contributed by atoms with Crippen molar-refractivity contribution >= 4 is 5.82 Å². The average molecular weight is 258 g/mol. The van der Waals surface area contributed by atoms with Crippen LogP contribution in [0.4, 0.5) is 5.82 Å². The molecule has 19 heavy (non-hydrogen) atoms. The summed E-state index contributed by atoms with van der Waals surface area (Å²) in [5, 5.41) is 4.16. The van der Waals surface area contributed by atoms with E-state index in [1.54, 1.807) is 0 Å². The second kappa shape index (κ2) is 4.64. The lowest BCUT2D eigenvalue weighted by molar-refractivity contribution is 0.385. The molecule has 1 aliphatic rings. The van der Waals surface area contributed by atoms with Gasteiger partial charge in [0.15, 0.2) is 0 Å². The Balaban J connectivity index is 1.94. The fourth-order valence-corrected chi connectivity index (χ4v) is 2.74. The summed E-state index contributed by atoms with van der Waals surface area (Å²) in [6.45, 7) is 6.87. The van der Waals surface area contributed by atoms with Crippen LogP contribution in [0.1, 0.15) is 41.9 Å². The number of hydrogen-bond acceptors (Lipinski definition) is 5. The molecule has 3 rings (SSSR count). The van der Waals surface area contributed by atoms with Crippen molar-refractivity contribution in [3.8, 4) is 0 Å². The van der Waals surface area contributed by atoms with E-state index in [1.165, 1.54) is 0 Å². The van der Waals surface area contributed by atoms with E-state index in [0.717, 1.165) is 48.2 Å². The third-order valence-electron chi connectivity index (χ3n) is 3.49. The van der Waals surface area contributed by atoms with Crippen LogP contribution in [0.5, 0.6) is 0 Å². The highest BCUT2D eigenvalue weighted by Crippen LogP contribution is 2.34. The third-order valence-corrected chi connectivity index (χ3v) is 3.49. The van der Waals surface area contributed by atoms with Crippen LogP contribution in [-0.4, -0.2) is 21.7 Å². The summed E-state index contributed by atoms with van der Waals surface area (Å²) in [6, 6.07) is 4.33. The summed E-state index contributed by atoms with van der Waals surface area (Å²) in [6.07, 6.45) is 2.24. The number of aromatic nitrogens is 3. The first-order valence-electron chi connectivity index (χ1n) is 6.65. The molecule has 1 saturated heterocycles. The van der Waals surface area contributed by atoms with Gasteiger partial charge in [0.25, 0.3) is 0 Å². The van der Waals surface area contributed by atoms with Crippen molar-refractivity contribution < 1.29 is 4.52 Å². The fraction of sp³-hybridized carbons (Fsp3) is 0.500. The second-order valence-electron chi connectivity index (χ2n) is 5.13. The van der Waals surface area contributed by atoms with Crippen LogP contribution in [0.25, 0.3) is 0 Å². The van der Waals surface area contributed by atoms with Crippen LogP contribution < -0.4 is 4.90 Å². The van der Waals surface area contributed by atoms with Crippen LogP contribution >= 0.6 is 0 Å². The van der Waals surface area contributed by atoms with Gasteiger partial charge in [0.2, 0.25) is 0 Å². The molecule has 2 aromatic rings. The van der Waals surface area contributed by atoms with E-state index in [0.29, 0.717) is 0 Å². The molecule has 3 heterocycles. The van der Waals surface area contributed by atoms with Gasteiger partial charge >= 0.3 is 0 Å². The molecule has 0 saturated carbocycles. The Hall–Kier alpha value is -1.91. The lowest BCUT2D eigenvalue weighted by Gasteiger charge is -2.24. The third kappa shape index (κ3) is 2.32. The standard InChI is InChI=1S/C14H18N4O/c1-9-7-14(16-11(3)15-9)18-6-4-5-13(18)12-8-10(2)19-17-12/h7-8,13H,4-6H2,1-3H3/t13-/m1/s1. The van der Waals surface area contributed by atoms with Crippen molar-refractivity contribution in [1.82, 2.24) is 15.1 Å². The zero-order valence-electron chi connectivity index (χ0n) is 11.6. The minimum atomic E-state index is 0.270. The highest BCUT2D eigenvalue weighted by atomic mass is 16.5. The Morgan fingerprint density at radius 2 is 2.05 bits per heavy atom. The van der Waals surface area contributed by atoms with Gasteiger partial charge in [-0.3, -0.25) is 0 Å². The molecule has 0 spiro atoms.